The van der Waals surface area contributed by atoms with Crippen LogP contribution < -0.4 is 5.32 Å². The molecule has 0 spiro atoms. The van der Waals surface area contributed by atoms with E-state index in [1.54, 1.807) is 0 Å². The van der Waals surface area contributed by atoms with Crippen molar-refractivity contribution in [1.29, 1.82) is 0 Å². The fraction of sp³-hybridized carbons (Fsp3) is 0.615. The summed E-state index contributed by atoms with van der Waals surface area (Å²) >= 11 is 3.37. The van der Waals surface area contributed by atoms with E-state index in [0.717, 1.165) is 35.5 Å². The third kappa shape index (κ3) is 6.52. The van der Waals surface area contributed by atoms with Crippen LogP contribution in [-0.4, -0.2) is 29.1 Å². The van der Waals surface area contributed by atoms with Crippen LogP contribution in [0.2, 0.25) is 0 Å². The van der Waals surface area contributed by atoms with Gasteiger partial charge in [0, 0.05) is 25.5 Å². The van der Waals surface area contributed by atoms with Crippen molar-refractivity contribution in [3.8, 4) is 0 Å². The maximum absolute atomic E-state index is 11.2. The third-order valence-corrected chi connectivity index (χ3v) is 2.79. The summed E-state index contributed by atoms with van der Waals surface area (Å²) < 4.78 is 5.64. The van der Waals surface area contributed by atoms with Crippen LogP contribution in [0.5, 0.6) is 0 Å². The number of aryl methyl sites for hydroxylation is 1. The van der Waals surface area contributed by atoms with E-state index in [2.05, 4.69) is 38.1 Å². The van der Waals surface area contributed by atoms with Crippen molar-refractivity contribution < 1.29 is 9.53 Å². The first-order chi connectivity index (χ1) is 9.15. The molecule has 0 aliphatic rings. The minimum Gasteiger partial charge on any atom is -0.466 e. The smallest absolute Gasteiger partial charge is 0.305 e. The van der Waals surface area contributed by atoms with Gasteiger partial charge in [0.2, 0.25) is 0 Å². The summed E-state index contributed by atoms with van der Waals surface area (Å²) in [5, 5.41) is 3.19. The topological polar surface area (TPSA) is 64.1 Å². The number of anilines is 1. The lowest BCUT2D eigenvalue weighted by molar-refractivity contribution is -0.143. The Morgan fingerprint density at radius 1 is 1.42 bits per heavy atom. The van der Waals surface area contributed by atoms with Gasteiger partial charge < -0.3 is 10.1 Å². The van der Waals surface area contributed by atoms with Crippen LogP contribution >= 0.6 is 15.9 Å². The van der Waals surface area contributed by atoms with Crippen LogP contribution in [0.25, 0.3) is 0 Å². The zero-order valence-corrected chi connectivity index (χ0v) is 13.0. The van der Waals surface area contributed by atoms with Gasteiger partial charge in [-0.05, 0) is 35.7 Å². The van der Waals surface area contributed by atoms with Crippen LogP contribution in [0.15, 0.2) is 10.7 Å². The Morgan fingerprint density at radius 3 is 2.89 bits per heavy atom. The summed E-state index contributed by atoms with van der Waals surface area (Å²) in [6.45, 7) is 5.03. The second kappa shape index (κ2) is 8.85. The summed E-state index contributed by atoms with van der Waals surface area (Å²) in [6.07, 6.45) is 3.02. The van der Waals surface area contributed by atoms with E-state index in [0.29, 0.717) is 19.6 Å². The molecule has 5 nitrogen and oxygen atoms in total. The number of esters is 1. The fourth-order valence-electron chi connectivity index (χ4n) is 1.57. The highest BCUT2D eigenvalue weighted by molar-refractivity contribution is 9.10. The van der Waals surface area contributed by atoms with Crippen molar-refractivity contribution in [2.24, 2.45) is 0 Å². The van der Waals surface area contributed by atoms with Crippen molar-refractivity contribution in [2.45, 2.75) is 39.5 Å². The summed E-state index contributed by atoms with van der Waals surface area (Å²) in [6, 6.07) is 1.84. The van der Waals surface area contributed by atoms with E-state index in [9.17, 15) is 4.79 Å². The lowest BCUT2D eigenvalue weighted by atomic mass is 10.3. The number of hydrogen-bond donors (Lipinski definition) is 1. The van der Waals surface area contributed by atoms with Gasteiger partial charge in [-0.2, -0.15) is 0 Å². The van der Waals surface area contributed by atoms with Gasteiger partial charge in [-0.3, -0.25) is 4.79 Å². The molecule has 6 heteroatoms. The highest BCUT2D eigenvalue weighted by Crippen LogP contribution is 2.13. The molecule has 1 N–H and O–H groups in total. The van der Waals surface area contributed by atoms with Crippen molar-refractivity contribution in [1.82, 2.24) is 9.97 Å². The molecule has 0 aromatic carbocycles. The molecule has 106 valence electrons. The predicted octanol–water partition coefficient (Wildman–Crippen LogP) is 2.95. The summed E-state index contributed by atoms with van der Waals surface area (Å²) in [5.74, 6) is 1.46. The number of carbonyl (C=O) groups is 1. The van der Waals surface area contributed by atoms with E-state index in [1.807, 2.05) is 13.0 Å². The van der Waals surface area contributed by atoms with Crippen LogP contribution in [0.4, 0.5) is 5.82 Å². The second-order valence-corrected chi connectivity index (χ2v) is 4.89. The monoisotopic (exact) mass is 329 g/mol. The molecule has 0 unspecified atom stereocenters. The largest absolute Gasteiger partial charge is 0.466 e. The molecule has 1 rings (SSSR count). The molecule has 1 aromatic heterocycles. The fourth-order valence-corrected chi connectivity index (χ4v) is 1.99. The predicted molar refractivity (Wildman–Crippen MR) is 78.1 cm³/mol. The highest BCUT2D eigenvalue weighted by atomic mass is 79.9. The second-order valence-electron chi connectivity index (χ2n) is 4.08. The Balaban J connectivity index is 2.38. The van der Waals surface area contributed by atoms with Crippen molar-refractivity contribution in [3.05, 3.63) is 16.5 Å². The number of carbonyl (C=O) groups excluding carboxylic acids is 1. The standard InChI is InChI=1S/C13H20BrN3O2/c1-3-6-11-16-10(14)9-12(17-11)15-8-5-7-13(18)19-4-2/h9H,3-8H2,1-2H3,(H,15,16,17). The van der Waals surface area contributed by atoms with Gasteiger partial charge in [-0.25, -0.2) is 9.97 Å². The Morgan fingerprint density at radius 2 is 2.21 bits per heavy atom. The molecule has 0 aliphatic heterocycles. The van der Waals surface area contributed by atoms with Gasteiger partial charge in [0.05, 0.1) is 6.61 Å². The average Bonchev–Trinajstić information content (AvgIpc) is 2.35. The molecule has 0 bridgehead atoms. The normalized spacial score (nSPS) is 10.3. The van der Waals surface area contributed by atoms with E-state index >= 15 is 0 Å². The van der Waals surface area contributed by atoms with Crippen LogP contribution in [0, 0.1) is 0 Å². The number of nitrogens with one attached hydrogen (secondary N) is 1. The van der Waals surface area contributed by atoms with Gasteiger partial charge >= 0.3 is 5.97 Å². The average molecular weight is 330 g/mol. The lowest BCUT2D eigenvalue weighted by Gasteiger charge is -2.07. The first-order valence-electron chi connectivity index (χ1n) is 6.58. The Bertz CT molecular complexity index is 413. The minimum absolute atomic E-state index is 0.153. The van der Waals surface area contributed by atoms with Crippen LogP contribution in [0.1, 0.15) is 38.9 Å². The molecule has 19 heavy (non-hydrogen) atoms. The lowest BCUT2D eigenvalue weighted by Crippen LogP contribution is -2.10. The molecule has 0 amide bonds. The summed E-state index contributed by atoms with van der Waals surface area (Å²) in [5.41, 5.74) is 0. The minimum atomic E-state index is -0.153. The first kappa shape index (κ1) is 15.9. The zero-order chi connectivity index (χ0) is 14.1. The molecule has 1 heterocycles. The van der Waals surface area contributed by atoms with Crippen molar-refractivity contribution in [3.63, 3.8) is 0 Å². The van der Waals surface area contributed by atoms with Gasteiger partial charge in [0.1, 0.15) is 16.2 Å². The number of halogens is 1. The molecular weight excluding hydrogens is 310 g/mol. The highest BCUT2D eigenvalue weighted by Gasteiger charge is 2.04. The summed E-state index contributed by atoms with van der Waals surface area (Å²) in [4.78, 5) is 19.9. The third-order valence-electron chi connectivity index (χ3n) is 2.38. The van der Waals surface area contributed by atoms with E-state index in [1.165, 1.54) is 0 Å². The SMILES string of the molecule is CCCc1nc(Br)cc(NCCCC(=O)OCC)n1. The maximum atomic E-state index is 11.2. The van der Waals surface area contributed by atoms with Gasteiger partial charge in [-0.15, -0.1) is 0 Å². The zero-order valence-electron chi connectivity index (χ0n) is 11.4. The molecule has 0 radical (unpaired) electrons. The van der Waals surface area contributed by atoms with Crippen molar-refractivity contribution >= 4 is 27.7 Å². The Kier molecular flexibility index (Phi) is 7.40. The molecule has 0 fully saturated rings. The molecule has 0 saturated heterocycles. The van der Waals surface area contributed by atoms with Crippen LogP contribution in [0.3, 0.4) is 0 Å². The Hall–Kier alpha value is -1.17. The van der Waals surface area contributed by atoms with E-state index in [-0.39, 0.29) is 5.97 Å². The van der Waals surface area contributed by atoms with E-state index < -0.39 is 0 Å². The Labute approximate surface area is 122 Å². The number of nitrogens with zero attached hydrogens (tertiary/aromatic N) is 2. The first-order valence-corrected chi connectivity index (χ1v) is 7.38. The molecular formula is C13H20BrN3O2. The van der Waals surface area contributed by atoms with E-state index in [4.69, 9.17) is 4.74 Å². The molecule has 0 aliphatic carbocycles. The molecule has 0 saturated carbocycles. The molecule has 0 atom stereocenters. The van der Waals surface area contributed by atoms with Gasteiger partial charge in [0.15, 0.2) is 0 Å². The maximum Gasteiger partial charge on any atom is 0.305 e. The molecule has 1 aromatic rings. The van der Waals surface area contributed by atoms with Crippen molar-refractivity contribution in [2.75, 3.05) is 18.5 Å². The number of rotatable bonds is 8. The number of hydrogen-bond acceptors (Lipinski definition) is 5. The number of ether oxygens (including phenoxy) is 1. The summed E-state index contributed by atoms with van der Waals surface area (Å²) in [7, 11) is 0. The number of aromatic nitrogens is 2. The van der Waals surface area contributed by atoms with Crippen LogP contribution in [-0.2, 0) is 16.0 Å². The van der Waals surface area contributed by atoms with Gasteiger partial charge in [0.25, 0.3) is 0 Å². The quantitative estimate of drug-likeness (QED) is 0.451. The van der Waals surface area contributed by atoms with Gasteiger partial charge in [-0.1, -0.05) is 6.92 Å².